The summed E-state index contributed by atoms with van der Waals surface area (Å²) in [4.78, 5) is 28.7. The molecular weight excluding hydrogens is 340 g/mol. The summed E-state index contributed by atoms with van der Waals surface area (Å²) in [6, 6.07) is 14.3. The fraction of sp³-hybridized carbons (Fsp3) is 0.0500. The molecule has 4 aromatic rings. The number of benzene rings is 1. The number of nitrogens with zero attached hydrogens (tertiary/aromatic N) is 4. The highest BCUT2D eigenvalue weighted by Gasteiger charge is 2.15. The molecule has 27 heavy (non-hydrogen) atoms. The Morgan fingerprint density at radius 1 is 1.07 bits per heavy atom. The molecule has 0 saturated heterocycles. The van der Waals surface area contributed by atoms with Crippen molar-refractivity contribution in [3.8, 4) is 28.6 Å². The number of aromatic amines is 1. The van der Waals surface area contributed by atoms with Crippen LogP contribution in [0.3, 0.4) is 0 Å². The zero-order valence-electron chi connectivity index (χ0n) is 14.4. The average Bonchev–Trinajstić information content (AvgIpc) is 2.73. The number of rotatable bonds is 3. The highest BCUT2D eigenvalue weighted by atomic mass is 16.1. The summed E-state index contributed by atoms with van der Waals surface area (Å²) in [5.41, 5.74) is 3.60. The molecule has 0 fully saturated rings. The molecule has 0 aliphatic rings. The van der Waals surface area contributed by atoms with E-state index in [1.165, 1.54) is 6.07 Å². The van der Waals surface area contributed by atoms with Crippen molar-refractivity contribution in [3.05, 3.63) is 70.6 Å². The lowest BCUT2D eigenvalue weighted by Crippen LogP contribution is -2.07. The van der Waals surface area contributed by atoms with E-state index in [9.17, 15) is 10.1 Å². The Morgan fingerprint density at radius 3 is 2.70 bits per heavy atom. The monoisotopic (exact) mass is 354 g/mol. The van der Waals surface area contributed by atoms with Gasteiger partial charge < -0.3 is 10.3 Å². The first-order chi connectivity index (χ1) is 13.2. The standard InChI is InChI=1S/C20H14N6O/c1-22-16-10-14(5-7-23-16)17-18(13-4-2-3-12(9-13)11-21)26-20-19(25-17)15(27)6-8-24-20/h2-10H,1H3,(H,22,23)(H,24,26,27). The van der Waals surface area contributed by atoms with E-state index in [0.717, 1.165) is 11.1 Å². The van der Waals surface area contributed by atoms with Crippen molar-refractivity contribution < 1.29 is 0 Å². The largest absolute Gasteiger partial charge is 0.373 e. The highest BCUT2D eigenvalue weighted by Crippen LogP contribution is 2.31. The van der Waals surface area contributed by atoms with Crippen molar-refractivity contribution in [2.45, 2.75) is 0 Å². The summed E-state index contributed by atoms with van der Waals surface area (Å²) in [7, 11) is 1.78. The molecule has 1 aromatic carbocycles. The maximum absolute atomic E-state index is 12.2. The van der Waals surface area contributed by atoms with Gasteiger partial charge in [0.25, 0.3) is 0 Å². The molecule has 3 aromatic heterocycles. The van der Waals surface area contributed by atoms with E-state index in [1.807, 2.05) is 18.2 Å². The van der Waals surface area contributed by atoms with Gasteiger partial charge in [-0.05, 0) is 24.3 Å². The third kappa shape index (κ3) is 3.00. The van der Waals surface area contributed by atoms with Crippen LogP contribution in [0.25, 0.3) is 33.7 Å². The minimum Gasteiger partial charge on any atom is -0.373 e. The first-order valence-electron chi connectivity index (χ1n) is 8.24. The molecule has 7 heteroatoms. The molecule has 0 amide bonds. The Hall–Kier alpha value is -4.05. The molecule has 0 radical (unpaired) electrons. The van der Waals surface area contributed by atoms with E-state index in [4.69, 9.17) is 0 Å². The molecule has 130 valence electrons. The van der Waals surface area contributed by atoms with Crippen LogP contribution in [-0.2, 0) is 0 Å². The van der Waals surface area contributed by atoms with Crippen LogP contribution in [-0.4, -0.2) is 27.0 Å². The summed E-state index contributed by atoms with van der Waals surface area (Å²) >= 11 is 0. The number of hydrogen-bond donors (Lipinski definition) is 2. The highest BCUT2D eigenvalue weighted by molar-refractivity contribution is 5.85. The van der Waals surface area contributed by atoms with Gasteiger partial charge in [-0.2, -0.15) is 5.26 Å². The van der Waals surface area contributed by atoms with Crippen LogP contribution in [0, 0.1) is 11.3 Å². The molecule has 0 saturated carbocycles. The Morgan fingerprint density at radius 2 is 1.89 bits per heavy atom. The van der Waals surface area contributed by atoms with E-state index in [-0.39, 0.29) is 10.9 Å². The second-order valence-electron chi connectivity index (χ2n) is 5.83. The second kappa shape index (κ2) is 6.69. The number of nitriles is 1. The van der Waals surface area contributed by atoms with E-state index in [0.29, 0.717) is 28.4 Å². The third-order valence-corrected chi connectivity index (χ3v) is 4.14. The van der Waals surface area contributed by atoms with Crippen LogP contribution in [0.1, 0.15) is 5.56 Å². The second-order valence-corrected chi connectivity index (χ2v) is 5.83. The summed E-state index contributed by atoms with van der Waals surface area (Å²) in [6.45, 7) is 0. The fourth-order valence-corrected chi connectivity index (χ4v) is 2.84. The Kier molecular flexibility index (Phi) is 4.07. The number of fused-ring (bicyclic) bond motifs is 1. The molecule has 0 unspecified atom stereocenters. The average molecular weight is 354 g/mol. The van der Waals surface area contributed by atoms with Crippen LogP contribution in [0.5, 0.6) is 0 Å². The summed E-state index contributed by atoms with van der Waals surface area (Å²) in [5.74, 6) is 0.674. The van der Waals surface area contributed by atoms with Crippen LogP contribution in [0.4, 0.5) is 5.82 Å². The van der Waals surface area contributed by atoms with Crippen LogP contribution < -0.4 is 10.7 Å². The van der Waals surface area contributed by atoms with Gasteiger partial charge in [0, 0.05) is 36.6 Å². The topological polar surface area (TPSA) is 107 Å². The Bertz CT molecular complexity index is 1260. The van der Waals surface area contributed by atoms with Gasteiger partial charge in [0.15, 0.2) is 11.2 Å². The van der Waals surface area contributed by atoms with Crippen molar-refractivity contribution in [1.29, 1.82) is 5.26 Å². The zero-order valence-corrected chi connectivity index (χ0v) is 14.4. The van der Waals surface area contributed by atoms with E-state index in [2.05, 4.69) is 31.3 Å². The number of nitrogens with one attached hydrogen (secondary N) is 2. The molecule has 3 heterocycles. The van der Waals surface area contributed by atoms with Gasteiger partial charge in [-0.1, -0.05) is 12.1 Å². The first kappa shape index (κ1) is 16.4. The number of anilines is 1. The molecule has 0 bridgehead atoms. The van der Waals surface area contributed by atoms with Crippen molar-refractivity contribution in [1.82, 2.24) is 19.9 Å². The number of pyridine rings is 2. The number of hydrogen-bond acceptors (Lipinski definition) is 6. The summed E-state index contributed by atoms with van der Waals surface area (Å²) < 4.78 is 0. The van der Waals surface area contributed by atoms with Gasteiger partial charge >= 0.3 is 0 Å². The number of aromatic nitrogens is 4. The van der Waals surface area contributed by atoms with Gasteiger partial charge in [0.05, 0.1) is 23.0 Å². The van der Waals surface area contributed by atoms with Crippen molar-refractivity contribution in [2.75, 3.05) is 12.4 Å². The molecule has 0 spiro atoms. The smallest absolute Gasteiger partial charge is 0.209 e. The molecular formula is C20H14N6O. The maximum Gasteiger partial charge on any atom is 0.209 e. The normalized spacial score (nSPS) is 10.5. The van der Waals surface area contributed by atoms with E-state index >= 15 is 0 Å². The molecule has 0 aliphatic carbocycles. The summed E-state index contributed by atoms with van der Waals surface area (Å²) in [6.07, 6.45) is 3.21. The fourth-order valence-electron chi connectivity index (χ4n) is 2.84. The maximum atomic E-state index is 12.2. The van der Waals surface area contributed by atoms with Crippen molar-refractivity contribution in [2.24, 2.45) is 0 Å². The minimum absolute atomic E-state index is 0.210. The third-order valence-electron chi connectivity index (χ3n) is 4.14. The van der Waals surface area contributed by atoms with E-state index in [1.54, 1.807) is 37.6 Å². The molecule has 7 nitrogen and oxygen atoms in total. The lowest BCUT2D eigenvalue weighted by Gasteiger charge is -2.11. The SMILES string of the molecule is CNc1cc(-c2nc3c(=O)cc[nH]c3nc2-c2cccc(C#N)c2)ccn1. The minimum atomic E-state index is -0.210. The Labute approximate surface area is 154 Å². The lowest BCUT2D eigenvalue weighted by molar-refractivity contribution is 1.21. The quantitative estimate of drug-likeness (QED) is 0.586. The van der Waals surface area contributed by atoms with Crippen molar-refractivity contribution >= 4 is 17.0 Å². The van der Waals surface area contributed by atoms with Gasteiger partial charge in [-0.15, -0.1) is 0 Å². The van der Waals surface area contributed by atoms with Gasteiger partial charge in [-0.3, -0.25) is 4.79 Å². The lowest BCUT2D eigenvalue weighted by atomic mass is 10.0. The predicted molar refractivity (Wildman–Crippen MR) is 103 cm³/mol. The summed E-state index contributed by atoms with van der Waals surface area (Å²) in [5, 5.41) is 12.2. The molecule has 2 N–H and O–H groups in total. The van der Waals surface area contributed by atoms with Crippen LogP contribution in [0.15, 0.2) is 59.7 Å². The predicted octanol–water partition coefficient (Wildman–Crippen LogP) is 2.96. The van der Waals surface area contributed by atoms with Gasteiger partial charge in [-0.25, -0.2) is 15.0 Å². The molecule has 0 aliphatic heterocycles. The van der Waals surface area contributed by atoms with Crippen LogP contribution in [0.2, 0.25) is 0 Å². The van der Waals surface area contributed by atoms with E-state index < -0.39 is 0 Å². The molecule has 4 rings (SSSR count). The zero-order chi connectivity index (χ0) is 18.8. The van der Waals surface area contributed by atoms with Gasteiger partial charge in [0.2, 0.25) is 5.43 Å². The van der Waals surface area contributed by atoms with Gasteiger partial charge in [0.1, 0.15) is 5.82 Å². The number of H-pyrrole nitrogens is 1. The van der Waals surface area contributed by atoms with Crippen molar-refractivity contribution in [3.63, 3.8) is 0 Å². The molecule has 0 atom stereocenters. The first-order valence-corrected chi connectivity index (χ1v) is 8.24. The van der Waals surface area contributed by atoms with Crippen LogP contribution >= 0.6 is 0 Å². The Balaban J connectivity index is 2.06.